The average molecular weight is 450 g/mol. The molecule has 0 saturated carbocycles. The van der Waals surface area contributed by atoms with E-state index in [0.29, 0.717) is 0 Å². The number of phenolic OH excluding ortho intramolecular Hbond substituents is 2. The van der Waals surface area contributed by atoms with E-state index in [4.69, 9.17) is 18.9 Å². The molecule has 0 fully saturated rings. The van der Waals surface area contributed by atoms with Gasteiger partial charge in [0.15, 0.2) is 0 Å². The minimum atomic E-state index is -0.972. The van der Waals surface area contributed by atoms with Crippen molar-refractivity contribution in [2.24, 2.45) is 0 Å². The summed E-state index contributed by atoms with van der Waals surface area (Å²) in [6, 6.07) is 2.07. The molecule has 1 aromatic rings. The van der Waals surface area contributed by atoms with E-state index >= 15 is 0 Å². The maximum atomic E-state index is 12.1. The fraction of sp³-hybridized carbons (Fsp3) is 0.364. The highest BCUT2D eigenvalue weighted by molar-refractivity contribution is 6.18. The van der Waals surface area contributed by atoms with Gasteiger partial charge in [-0.3, -0.25) is 0 Å². The molecule has 0 saturated heterocycles. The number of phenols is 2. The molecule has 0 bridgehead atoms. The second-order valence-corrected chi connectivity index (χ2v) is 5.97. The summed E-state index contributed by atoms with van der Waals surface area (Å²) in [4.78, 5) is 48.4. The Hall–Kier alpha value is -3.82. The Bertz CT molecular complexity index is 811. The van der Waals surface area contributed by atoms with Crippen LogP contribution in [0.1, 0.15) is 38.8 Å². The van der Waals surface area contributed by atoms with Gasteiger partial charge in [-0.2, -0.15) is 0 Å². The highest BCUT2D eigenvalue weighted by atomic mass is 16.6. The molecule has 0 radical (unpaired) electrons. The molecular formula is C22H26O10. The SMILES string of the molecule is CCOC(=O)C(=Cc1cc(O)c(C=C(C(=O)OCC)C(=O)OCC)cc1O)C(=O)OCC. The van der Waals surface area contributed by atoms with Crippen molar-refractivity contribution in [1.29, 1.82) is 0 Å². The fourth-order valence-electron chi connectivity index (χ4n) is 2.39. The van der Waals surface area contributed by atoms with Crippen LogP contribution in [0.3, 0.4) is 0 Å². The van der Waals surface area contributed by atoms with Crippen molar-refractivity contribution >= 4 is 36.0 Å². The van der Waals surface area contributed by atoms with E-state index in [1.165, 1.54) is 0 Å². The predicted octanol–water partition coefficient (Wildman–Crippen LogP) is 2.12. The van der Waals surface area contributed by atoms with Gasteiger partial charge < -0.3 is 29.2 Å². The van der Waals surface area contributed by atoms with E-state index < -0.39 is 46.5 Å². The number of hydrogen-bond donors (Lipinski definition) is 2. The van der Waals surface area contributed by atoms with Crippen molar-refractivity contribution in [3.05, 3.63) is 34.4 Å². The van der Waals surface area contributed by atoms with Crippen LogP contribution >= 0.6 is 0 Å². The summed E-state index contributed by atoms with van der Waals surface area (Å²) in [6.07, 6.45) is 1.99. The third kappa shape index (κ3) is 7.15. The molecule has 0 unspecified atom stereocenters. The van der Waals surface area contributed by atoms with Gasteiger partial charge in [-0.1, -0.05) is 0 Å². The van der Waals surface area contributed by atoms with Crippen molar-refractivity contribution in [2.75, 3.05) is 26.4 Å². The largest absolute Gasteiger partial charge is 0.507 e. The molecule has 0 aliphatic heterocycles. The quantitative estimate of drug-likeness (QED) is 0.136. The first kappa shape index (κ1) is 26.2. The molecular weight excluding hydrogens is 424 g/mol. The topological polar surface area (TPSA) is 146 Å². The van der Waals surface area contributed by atoms with E-state index in [0.717, 1.165) is 24.3 Å². The molecule has 1 rings (SSSR count). The molecule has 10 heteroatoms. The van der Waals surface area contributed by atoms with Gasteiger partial charge in [-0.15, -0.1) is 0 Å². The molecule has 0 aromatic heterocycles. The van der Waals surface area contributed by atoms with Crippen molar-refractivity contribution in [3.8, 4) is 11.5 Å². The summed E-state index contributed by atoms with van der Waals surface area (Å²) in [6.45, 7) is 6.21. The minimum Gasteiger partial charge on any atom is -0.507 e. The zero-order valence-corrected chi connectivity index (χ0v) is 18.3. The predicted molar refractivity (Wildman–Crippen MR) is 112 cm³/mol. The Balaban J connectivity index is 3.50. The number of benzene rings is 1. The standard InChI is InChI=1S/C22H26O10/c1-5-29-19(25)15(20(26)30-6-2)9-13-11-18(24)14(12-17(13)23)10-16(21(27)31-7-3)22(28)32-8-4/h9-12,23-24H,5-8H2,1-4H3. The molecule has 0 amide bonds. The zero-order chi connectivity index (χ0) is 24.3. The van der Waals surface area contributed by atoms with Crippen LogP contribution < -0.4 is 0 Å². The highest BCUT2D eigenvalue weighted by Crippen LogP contribution is 2.31. The molecule has 32 heavy (non-hydrogen) atoms. The smallest absolute Gasteiger partial charge is 0.345 e. The maximum absolute atomic E-state index is 12.1. The van der Waals surface area contributed by atoms with Crippen LogP contribution in [0.15, 0.2) is 23.3 Å². The van der Waals surface area contributed by atoms with Crippen LogP contribution in [0.2, 0.25) is 0 Å². The maximum Gasteiger partial charge on any atom is 0.345 e. The first-order valence-corrected chi connectivity index (χ1v) is 9.87. The molecule has 0 aliphatic rings. The second kappa shape index (κ2) is 12.8. The molecule has 0 spiro atoms. The van der Waals surface area contributed by atoms with Gasteiger partial charge >= 0.3 is 23.9 Å². The van der Waals surface area contributed by atoms with E-state index in [9.17, 15) is 29.4 Å². The van der Waals surface area contributed by atoms with E-state index in [1.807, 2.05) is 0 Å². The first-order valence-electron chi connectivity index (χ1n) is 9.87. The normalized spacial score (nSPS) is 9.88. The van der Waals surface area contributed by atoms with Gasteiger partial charge in [0.25, 0.3) is 0 Å². The van der Waals surface area contributed by atoms with Crippen molar-refractivity contribution in [3.63, 3.8) is 0 Å². The Kier molecular flexibility index (Phi) is 10.5. The van der Waals surface area contributed by atoms with E-state index in [1.54, 1.807) is 27.7 Å². The molecule has 1 aromatic carbocycles. The van der Waals surface area contributed by atoms with Crippen LogP contribution in [0.25, 0.3) is 12.2 Å². The number of carbonyl (C=O) groups is 4. The molecule has 0 atom stereocenters. The Labute approximate surface area is 185 Å². The third-order valence-electron chi connectivity index (χ3n) is 3.76. The summed E-state index contributed by atoms with van der Waals surface area (Å²) in [5.41, 5.74) is -1.20. The average Bonchev–Trinajstić information content (AvgIpc) is 2.73. The van der Waals surface area contributed by atoms with E-state index in [2.05, 4.69) is 0 Å². The van der Waals surface area contributed by atoms with Gasteiger partial charge in [0.2, 0.25) is 0 Å². The fourth-order valence-corrected chi connectivity index (χ4v) is 2.39. The first-order chi connectivity index (χ1) is 15.2. The Morgan fingerprint density at radius 3 is 1.09 bits per heavy atom. The van der Waals surface area contributed by atoms with Crippen LogP contribution in [0, 0.1) is 0 Å². The number of ether oxygens (including phenoxy) is 4. The molecule has 174 valence electrons. The number of aromatic hydroxyl groups is 2. The summed E-state index contributed by atoms with van der Waals surface area (Å²) >= 11 is 0. The zero-order valence-electron chi connectivity index (χ0n) is 18.3. The van der Waals surface area contributed by atoms with Gasteiger partial charge in [0.1, 0.15) is 22.6 Å². The summed E-state index contributed by atoms with van der Waals surface area (Å²) in [5.74, 6) is -4.82. The van der Waals surface area contributed by atoms with Crippen molar-refractivity contribution in [1.82, 2.24) is 0 Å². The molecule has 2 N–H and O–H groups in total. The lowest BCUT2D eigenvalue weighted by Crippen LogP contribution is -2.18. The van der Waals surface area contributed by atoms with Gasteiger partial charge in [-0.25, -0.2) is 19.2 Å². The summed E-state index contributed by atoms with van der Waals surface area (Å²) in [5, 5.41) is 20.7. The second-order valence-electron chi connectivity index (χ2n) is 5.97. The Morgan fingerprint density at radius 2 is 0.875 bits per heavy atom. The van der Waals surface area contributed by atoms with Crippen molar-refractivity contribution in [2.45, 2.75) is 27.7 Å². The van der Waals surface area contributed by atoms with Gasteiger partial charge in [0, 0.05) is 11.1 Å². The number of hydrogen-bond acceptors (Lipinski definition) is 10. The molecule has 10 nitrogen and oxygen atoms in total. The Morgan fingerprint density at radius 1 is 0.625 bits per heavy atom. The highest BCUT2D eigenvalue weighted by Gasteiger charge is 2.24. The molecule has 0 aliphatic carbocycles. The lowest BCUT2D eigenvalue weighted by molar-refractivity contribution is -0.148. The van der Waals surface area contributed by atoms with Crippen LogP contribution in [-0.4, -0.2) is 60.5 Å². The lowest BCUT2D eigenvalue weighted by atomic mass is 10.0. The van der Waals surface area contributed by atoms with Gasteiger partial charge in [0.05, 0.1) is 26.4 Å². The third-order valence-corrected chi connectivity index (χ3v) is 3.76. The summed E-state index contributed by atoms with van der Waals surface area (Å²) in [7, 11) is 0. The number of esters is 4. The molecule has 0 heterocycles. The van der Waals surface area contributed by atoms with Crippen LogP contribution in [0.4, 0.5) is 0 Å². The van der Waals surface area contributed by atoms with Crippen molar-refractivity contribution < 1.29 is 48.3 Å². The summed E-state index contributed by atoms with van der Waals surface area (Å²) < 4.78 is 19.3. The lowest BCUT2D eigenvalue weighted by Gasteiger charge is -2.10. The van der Waals surface area contributed by atoms with Crippen LogP contribution in [-0.2, 0) is 38.1 Å². The number of rotatable bonds is 10. The van der Waals surface area contributed by atoms with E-state index in [-0.39, 0.29) is 37.6 Å². The minimum absolute atomic E-state index is 0.00103. The van der Waals surface area contributed by atoms with Crippen LogP contribution in [0.5, 0.6) is 11.5 Å². The number of carbonyl (C=O) groups excluding carboxylic acids is 4. The van der Waals surface area contributed by atoms with Gasteiger partial charge in [-0.05, 0) is 52.0 Å². The monoisotopic (exact) mass is 450 g/mol.